The van der Waals surface area contributed by atoms with Crippen molar-refractivity contribution in [1.29, 1.82) is 0 Å². The molecule has 0 aromatic heterocycles. The lowest BCUT2D eigenvalue weighted by Gasteiger charge is -2.43. The molecule has 6 rings (SSSR count). The van der Waals surface area contributed by atoms with E-state index in [4.69, 9.17) is 19.9 Å². The third kappa shape index (κ3) is 8.19. The van der Waals surface area contributed by atoms with Gasteiger partial charge < -0.3 is 35.2 Å². The number of methoxy groups -OCH3 is 2. The Hall–Kier alpha value is -2.72. The zero-order valence-corrected chi connectivity index (χ0v) is 25.1. The van der Waals surface area contributed by atoms with E-state index in [1.165, 1.54) is 57.4 Å². The number of nitrogens with zero attached hydrogens (tertiary/aromatic N) is 4. The van der Waals surface area contributed by atoms with Crippen molar-refractivity contribution < 1.29 is 14.2 Å². The van der Waals surface area contributed by atoms with E-state index in [0.29, 0.717) is 11.7 Å². The van der Waals surface area contributed by atoms with Crippen molar-refractivity contribution in [3.63, 3.8) is 0 Å². The number of para-hydroxylation sites is 2. The van der Waals surface area contributed by atoms with Crippen LogP contribution in [0.1, 0.15) is 32.1 Å². The summed E-state index contributed by atoms with van der Waals surface area (Å²) < 4.78 is 16.3. The van der Waals surface area contributed by atoms with Crippen LogP contribution in [0.4, 0.5) is 17.1 Å². The minimum Gasteiger partial charge on any atom is -0.495 e. The Balaban J connectivity index is 0.000000166. The van der Waals surface area contributed by atoms with Gasteiger partial charge in [0.15, 0.2) is 0 Å². The Bertz CT molecular complexity index is 1070. The summed E-state index contributed by atoms with van der Waals surface area (Å²) in [6, 6.07) is 14.7. The van der Waals surface area contributed by atoms with E-state index in [1.54, 1.807) is 14.2 Å². The Kier molecular flexibility index (Phi) is 10.9. The number of hydrogen-bond donors (Lipinski definition) is 2. The normalized spacial score (nSPS) is 22.8. The van der Waals surface area contributed by atoms with Crippen LogP contribution < -0.4 is 25.5 Å². The second-order valence-corrected chi connectivity index (χ2v) is 11.7. The van der Waals surface area contributed by atoms with E-state index in [0.717, 1.165) is 75.6 Å². The van der Waals surface area contributed by atoms with Gasteiger partial charge in [0.1, 0.15) is 11.5 Å². The van der Waals surface area contributed by atoms with Gasteiger partial charge in [-0.15, -0.1) is 0 Å². The fourth-order valence-electron chi connectivity index (χ4n) is 6.53. The smallest absolute Gasteiger partial charge is 0.143 e. The number of likely N-dealkylation sites (tertiary alicyclic amines) is 1. The maximum absolute atomic E-state index is 5.91. The number of piperidine rings is 2. The fourth-order valence-corrected chi connectivity index (χ4v) is 6.53. The van der Waals surface area contributed by atoms with Gasteiger partial charge in [0.2, 0.25) is 0 Å². The van der Waals surface area contributed by atoms with Crippen molar-refractivity contribution in [2.24, 2.45) is 5.92 Å². The number of nitrogens with one attached hydrogen (secondary N) is 1. The van der Waals surface area contributed by atoms with Gasteiger partial charge >= 0.3 is 0 Å². The predicted molar refractivity (Wildman–Crippen MR) is 167 cm³/mol. The van der Waals surface area contributed by atoms with Gasteiger partial charge in [-0.3, -0.25) is 4.90 Å². The molecular weight excluding hydrogens is 516 g/mol. The topological polar surface area (TPSA) is 78.7 Å². The Morgan fingerprint density at radius 2 is 1.66 bits per heavy atom. The summed E-state index contributed by atoms with van der Waals surface area (Å²) in [5, 5.41) is 2.26. The Labute approximate surface area is 246 Å². The van der Waals surface area contributed by atoms with Crippen LogP contribution in [0.25, 0.3) is 0 Å². The SMILES string of the molecule is COc1cc(N2CCC(CN3CCCCC3)CC2)ccc1N.COc1ccccc1NN1CCN2CCOC[C@@H]2C1. The monoisotopic (exact) mass is 566 g/mol. The number of benzene rings is 2. The standard InChI is InChI=1S/C18H29N3O.C14H21N3O2/c1-22-18-13-16(5-6-17(18)19)21-11-7-15(8-12-21)14-20-9-3-2-4-10-20;1-18-14-5-3-2-4-13(14)15-17-7-6-16-8-9-19-11-12(16)10-17/h5-6,13,15H,2-4,7-12,14,19H2,1H3;2-5,12,15H,6-11H2,1H3/t;12-/m.0/s1. The zero-order chi connectivity index (χ0) is 28.4. The van der Waals surface area contributed by atoms with Gasteiger partial charge in [-0.25, -0.2) is 5.01 Å². The van der Waals surface area contributed by atoms with Crippen molar-refractivity contribution in [2.45, 2.75) is 38.1 Å². The molecule has 3 N–H and O–H groups in total. The number of piperazine rings is 1. The van der Waals surface area contributed by atoms with Crippen LogP contribution in [0.15, 0.2) is 42.5 Å². The average Bonchev–Trinajstić information content (AvgIpc) is 3.03. The molecule has 0 spiro atoms. The first kappa shape index (κ1) is 29.8. The van der Waals surface area contributed by atoms with Gasteiger partial charge in [-0.1, -0.05) is 18.6 Å². The molecule has 4 saturated heterocycles. The molecule has 0 saturated carbocycles. The number of fused-ring (bicyclic) bond motifs is 1. The first-order valence-corrected chi connectivity index (χ1v) is 15.5. The maximum atomic E-state index is 5.91. The van der Waals surface area contributed by atoms with E-state index in [2.05, 4.69) is 37.3 Å². The summed E-state index contributed by atoms with van der Waals surface area (Å²) in [5.74, 6) is 2.53. The summed E-state index contributed by atoms with van der Waals surface area (Å²) in [6.07, 6.45) is 6.80. The number of morpholine rings is 1. The lowest BCUT2D eigenvalue weighted by atomic mass is 9.95. The lowest BCUT2D eigenvalue weighted by Crippen LogP contribution is -2.59. The molecule has 0 amide bonds. The average molecular weight is 567 g/mol. The molecule has 1 atom stereocenters. The van der Waals surface area contributed by atoms with Gasteiger partial charge in [-0.05, 0) is 69.0 Å². The molecule has 0 bridgehead atoms. The van der Waals surface area contributed by atoms with E-state index in [9.17, 15) is 0 Å². The number of nitrogens with two attached hydrogens (primary N) is 1. The molecule has 0 radical (unpaired) electrons. The van der Waals surface area contributed by atoms with E-state index < -0.39 is 0 Å². The van der Waals surface area contributed by atoms with Crippen LogP contribution in [0.2, 0.25) is 0 Å². The largest absolute Gasteiger partial charge is 0.495 e. The summed E-state index contributed by atoms with van der Waals surface area (Å²) in [5.41, 5.74) is 12.3. The summed E-state index contributed by atoms with van der Waals surface area (Å²) in [7, 11) is 3.38. The van der Waals surface area contributed by atoms with Crippen molar-refractivity contribution in [2.75, 3.05) is 102 Å². The molecule has 41 heavy (non-hydrogen) atoms. The third-order valence-corrected chi connectivity index (χ3v) is 8.99. The van der Waals surface area contributed by atoms with Crippen molar-refractivity contribution in [1.82, 2.24) is 14.8 Å². The second-order valence-electron chi connectivity index (χ2n) is 11.7. The second kappa shape index (κ2) is 15.0. The van der Waals surface area contributed by atoms with Gasteiger partial charge in [0.05, 0.1) is 38.8 Å². The van der Waals surface area contributed by atoms with Crippen LogP contribution in [-0.2, 0) is 4.74 Å². The predicted octanol–water partition coefficient (Wildman–Crippen LogP) is 4.02. The highest BCUT2D eigenvalue weighted by Crippen LogP contribution is 2.30. The van der Waals surface area contributed by atoms with Gasteiger partial charge in [0, 0.05) is 63.6 Å². The lowest BCUT2D eigenvalue weighted by molar-refractivity contribution is -0.0399. The third-order valence-electron chi connectivity index (χ3n) is 8.99. The molecule has 4 aliphatic rings. The summed E-state index contributed by atoms with van der Waals surface area (Å²) >= 11 is 0. The quantitative estimate of drug-likeness (QED) is 0.483. The summed E-state index contributed by atoms with van der Waals surface area (Å²) in [4.78, 5) is 7.66. The van der Waals surface area contributed by atoms with Crippen molar-refractivity contribution in [3.8, 4) is 11.5 Å². The molecule has 4 fully saturated rings. The van der Waals surface area contributed by atoms with Crippen LogP contribution in [0.5, 0.6) is 11.5 Å². The minimum absolute atomic E-state index is 0.504. The molecule has 9 nitrogen and oxygen atoms in total. The van der Waals surface area contributed by atoms with Gasteiger partial charge in [-0.2, -0.15) is 0 Å². The van der Waals surface area contributed by atoms with Crippen LogP contribution in [-0.4, -0.2) is 107 Å². The number of hydrazine groups is 1. The first-order chi connectivity index (χ1) is 20.1. The van der Waals surface area contributed by atoms with Crippen molar-refractivity contribution in [3.05, 3.63) is 42.5 Å². The highest BCUT2D eigenvalue weighted by molar-refractivity contribution is 5.62. The fraction of sp³-hybridized carbons (Fsp3) is 0.625. The molecule has 0 unspecified atom stereocenters. The number of nitrogen functional groups attached to an aromatic ring is 1. The summed E-state index contributed by atoms with van der Waals surface area (Å²) in [6.45, 7) is 12.1. The van der Waals surface area contributed by atoms with Crippen LogP contribution in [0, 0.1) is 5.92 Å². The highest BCUT2D eigenvalue weighted by Gasteiger charge is 2.29. The van der Waals surface area contributed by atoms with E-state index in [1.807, 2.05) is 30.3 Å². The minimum atomic E-state index is 0.504. The molecule has 9 heteroatoms. The Morgan fingerprint density at radius 1 is 0.878 bits per heavy atom. The van der Waals surface area contributed by atoms with Gasteiger partial charge in [0.25, 0.3) is 0 Å². The Morgan fingerprint density at radius 3 is 2.44 bits per heavy atom. The van der Waals surface area contributed by atoms with E-state index in [-0.39, 0.29) is 0 Å². The molecule has 2 aromatic carbocycles. The molecular formula is C32H50N6O3. The van der Waals surface area contributed by atoms with Crippen LogP contribution in [0.3, 0.4) is 0 Å². The van der Waals surface area contributed by atoms with Crippen LogP contribution >= 0.6 is 0 Å². The van der Waals surface area contributed by atoms with Crippen molar-refractivity contribution >= 4 is 17.1 Å². The number of anilines is 3. The highest BCUT2D eigenvalue weighted by atomic mass is 16.5. The number of hydrogen-bond acceptors (Lipinski definition) is 9. The molecule has 0 aliphatic carbocycles. The number of rotatable bonds is 7. The maximum Gasteiger partial charge on any atom is 0.143 e. The molecule has 4 heterocycles. The number of ether oxygens (including phenoxy) is 3. The zero-order valence-electron chi connectivity index (χ0n) is 25.1. The first-order valence-electron chi connectivity index (χ1n) is 15.5. The molecule has 2 aromatic rings. The van der Waals surface area contributed by atoms with E-state index >= 15 is 0 Å². The molecule has 4 aliphatic heterocycles. The molecule has 226 valence electrons.